The Morgan fingerprint density at radius 2 is 1.60 bits per heavy atom. The topological polar surface area (TPSA) is 66.5 Å². The Hall–Kier alpha value is -2.18. The van der Waals surface area contributed by atoms with Crippen molar-refractivity contribution in [3.63, 3.8) is 0 Å². The number of amides is 1. The van der Waals surface area contributed by atoms with Crippen LogP contribution in [0.15, 0.2) is 65.6 Å². The molecule has 1 N–H and O–H groups in total. The van der Waals surface area contributed by atoms with E-state index < -0.39 is 10.0 Å². The molecule has 2 aromatic rings. The molecular weight excluding hydrogens is 336 g/mol. The molecule has 2 rings (SSSR count). The maximum Gasteiger partial charge on any atom is 0.243 e. The molecule has 0 saturated heterocycles. The van der Waals surface area contributed by atoms with Gasteiger partial charge in [0, 0.05) is 12.6 Å². The zero-order valence-electron chi connectivity index (χ0n) is 14.6. The molecule has 134 valence electrons. The van der Waals surface area contributed by atoms with Crippen molar-refractivity contribution in [2.75, 3.05) is 6.54 Å². The average molecular weight is 360 g/mol. The normalized spacial score (nSPS) is 12.8. The third-order valence-electron chi connectivity index (χ3n) is 3.92. The van der Waals surface area contributed by atoms with E-state index in [-0.39, 0.29) is 29.9 Å². The maximum absolute atomic E-state index is 13.0. The summed E-state index contributed by atoms with van der Waals surface area (Å²) in [6.45, 7) is 3.79. The molecule has 0 aromatic heterocycles. The second-order valence-corrected chi connectivity index (χ2v) is 7.89. The predicted octanol–water partition coefficient (Wildman–Crippen LogP) is 2.79. The Kier molecular flexibility index (Phi) is 6.73. The highest BCUT2D eigenvalue weighted by Gasteiger charge is 2.27. The van der Waals surface area contributed by atoms with Crippen LogP contribution in [0.3, 0.4) is 0 Å². The molecule has 0 bridgehead atoms. The Labute approximate surface area is 149 Å². The molecule has 2 aromatic carbocycles. The summed E-state index contributed by atoms with van der Waals surface area (Å²) in [6.07, 6.45) is 0.788. The Morgan fingerprint density at radius 3 is 2.16 bits per heavy atom. The van der Waals surface area contributed by atoms with Crippen molar-refractivity contribution in [3.8, 4) is 0 Å². The van der Waals surface area contributed by atoms with E-state index in [4.69, 9.17) is 0 Å². The van der Waals surface area contributed by atoms with Crippen molar-refractivity contribution in [1.29, 1.82) is 0 Å². The Morgan fingerprint density at radius 1 is 1.04 bits per heavy atom. The van der Waals surface area contributed by atoms with Crippen LogP contribution < -0.4 is 5.32 Å². The van der Waals surface area contributed by atoms with Gasteiger partial charge >= 0.3 is 0 Å². The van der Waals surface area contributed by atoms with Gasteiger partial charge in [0.1, 0.15) is 0 Å². The number of carbonyl (C=O) groups is 1. The lowest BCUT2D eigenvalue weighted by Crippen LogP contribution is -2.42. The fourth-order valence-corrected chi connectivity index (χ4v) is 3.74. The van der Waals surface area contributed by atoms with E-state index in [9.17, 15) is 13.2 Å². The molecular formula is C19H24N2O3S. The summed E-state index contributed by atoms with van der Waals surface area (Å²) in [5.41, 5.74) is 0.832. The lowest BCUT2D eigenvalue weighted by atomic mass is 10.2. The highest BCUT2D eigenvalue weighted by atomic mass is 32.2. The van der Waals surface area contributed by atoms with E-state index in [1.165, 1.54) is 4.31 Å². The first-order valence-electron chi connectivity index (χ1n) is 8.32. The van der Waals surface area contributed by atoms with Gasteiger partial charge in [-0.25, -0.2) is 8.42 Å². The summed E-state index contributed by atoms with van der Waals surface area (Å²) in [5.74, 6) is -0.301. The van der Waals surface area contributed by atoms with Gasteiger partial charge in [0.25, 0.3) is 0 Å². The first kappa shape index (κ1) is 19.1. The monoisotopic (exact) mass is 360 g/mol. The van der Waals surface area contributed by atoms with Crippen molar-refractivity contribution in [1.82, 2.24) is 9.62 Å². The van der Waals surface area contributed by atoms with E-state index in [2.05, 4.69) is 5.32 Å². The SMILES string of the molecule is CC[C@H](C)NC(=O)CN(Cc1ccccc1)S(=O)(=O)c1ccccc1. The minimum absolute atomic E-state index is 0.00510. The highest BCUT2D eigenvalue weighted by Crippen LogP contribution is 2.18. The van der Waals surface area contributed by atoms with Crippen LogP contribution in [-0.4, -0.2) is 31.2 Å². The highest BCUT2D eigenvalue weighted by molar-refractivity contribution is 7.89. The third kappa shape index (κ3) is 5.41. The minimum atomic E-state index is -3.76. The van der Waals surface area contributed by atoms with Gasteiger partial charge in [-0.1, -0.05) is 55.5 Å². The maximum atomic E-state index is 13.0. The zero-order valence-corrected chi connectivity index (χ0v) is 15.4. The van der Waals surface area contributed by atoms with Crippen LogP contribution in [0.5, 0.6) is 0 Å². The van der Waals surface area contributed by atoms with E-state index in [1.807, 2.05) is 44.2 Å². The fourth-order valence-electron chi connectivity index (χ4n) is 2.34. The lowest BCUT2D eigenvalue weighted by molar-refractivity contribution is -0.122. The third-order valence-corrected chi connectivity index (χ3v) is 5.73. The number of hydrogen-bond donors (Lipinski definition) is 1. The summed E-state index contributed by atoms with van der Waals surface area (Å²) in [5, 5.41) is 2.82. The molecule has 0 heterocycles. The number of rotatable bonds is 8. The Bertz CT molecular complexity index is 777. The van der Waals surface area contributed by atoms with Crippen LogP contribution in [0.1, 0.15) is 25.8 Å². The summed E-state index contributed by atoms with van der Waals surface area (Å²) in [7, 11) is -3.76. The molecule has 0 unspecified atom stereocenters. The minimum Gasteiger partial charge on any atom is -0.353 e. The largest absolute Gasteiger partial charge is 0.353 e. The van der Waals surface area contributed by atoms with Gasteiger partial charge in [-0.15, -0.1) is 0 Å². The first-order valence-corrected chi connectivity index (χ1v) is 9.76. The second-order valence-electron chi connectivity index (χ2n) is 5.95. The Balaban J connectivity index is 2.27. The smallest absolute Gasteiger partial charge is 0.243 e. The number of carbonyl (C=O) groups excluding carboxylic acids is 1. The lowest BCUT2D eigenvalue weighted by Gasteiger charge is -2.23. The molecule has 25 heavy (non-hydrogen) atoms. The molecule has 0 radical (unpaired) electrons. The molecule has 1 amide bonds. The number of hydrogen-bond acceptors (Lipinski definition) is 3. The van der Waals surface area contributed by atoms with E-state index >= 15 is 0 Å². The summed E-state index contributed by atoms with van der Waals surface area (Å²) >= 11 is 0. The molecule has 0 aliphatic carbocycles. The van der Waals surface area contributed by atoms with Crippen LogP contribution in [0.25, 0.3) is 0 Å². The number of benzene rings is 2. The van der Waals surface area contributed by atoms with Crippen molar-refractivity contribution in [3.05, 3.63) is 66.2 Å². The van der Waals surface area contributed by atoms with Crippen LogP contribution in [0, 0.1) is 0 Å². The van der Waals surface area contributed by atoms with Gasteiger partial charge in [-0.3, -0.25) is 4.79 Å². The predicted molar refractivity (Wildman–Crippen MR) is 98.4 cm³/mol. The fraction of sp³-hybridized carbons (Fsp3) is 0.316. The first-order chi connectivity index (χ1) is 11.9. The number of sulfonamides is 1. The molecule has 6 heteroatoms. The number of nitrogens with one attached hydrogen (secondary N) is 1. The van der Waals surface area contributed by atoms with Crippen molar-refractivity contribution < 1.29 is 13.2 Å². The standard InChI is InChI=1S/C19H24N2O3S/c1-3-16(2)20-19(22)15-21(14-17-10-6-4-7-11-17)25(23,24)18-12-8-5-9-13-18/h4-13,16H,3,14-15H2,1-2H3,(H,20,22)/t16-/m0/s1. The molecule has 0 fully saturated rings. The van der Waals surface area contributed by atoms with Crippen LogP contribution in [0.2, 0.25) is 0 Å². The molecule has 5 nitrogen and oxygen atoms in total. The summed E-state index contributed by atoms with van der Waals surface area (Å²) < 4.78 is 27.2. The van der Waals surface area contributed by atoms with Crippen LogP contribution in [-0.2, 0) is 21.4 Å². The van der Waals surface area contributed by atoms with Gasteiger partial charge < -0.3 is 5.32 Å². The molecule has 0 aliphatic heterocycles. The molecule has 1 atom stereocenters. The van der Waals surface area contributed by atoms with Gasteiger partial charge in [0.15, 0.2) is 0 Å². The number of nitrogens with zero attached hydrogens (tertiary/aromatic N) is 1. The van der Waals surface area contributed by atoms with Crippen LogP contribution in [0.4, 0.5) is 0 Å². The van der Waals surface area contributed by atoms with Gasteiger partial charge in [0.05, 0.1) is 11.4 Å². The zero-order chi connectivity index (χ0) is 18.3. The van der Waals surface area contributed by atoms with E-state index in [0.29, 0.717) is 0 Å². The van der Waals surface area contributed by atoms with Gasteiger partial charge in [-0.05, 0) is 31.0 Å². The second kappa shape index (κ2) is 8.78. The van der Waals surface area contributed by atoms with Gasteiger partial charge in [0.2, 0.25) is 15.9 Å². The van der Waals surface area contributed by atoms with Crippen LogP contribution >= 0.6 is 0 Å². The average Bonchev–Trinajstić information content (AvgIpc) is 2.62. The molecule has 0 spiro atoms. The van der Waals surface area contributed by atoms with Crippen molar-refractivity contribution in [2.45, 2.75) is 37.8 Å². The van der Waals surface area contributed by atoms with Crippen molar-refractivity contribution in [2.24, 2.45) is 0 Å². The summed E-state index contributed by atoms with van der Waals surface area (Å²) in [6, 6.07) is 17.5. The molecule has 0 saturated carbocycles. The van der Waals surface area contributed by atoms with E-state index in [0.717, 1.165) is 12.0 Å². The van der Waals surface area contributed by atoms with Gasteiger partial charge in [-0.2, -0.15) is 4.31 Å². The van der Waals surface area contributed by atoms with E-state index in [1.54, 1.807) is 30.3 Å². The molecule has 0 aliphatic rings. The van der Waals surface area contributed by atoms with Crippen molar-refractivity contribution >= 4 is 15.9 Å². The quantitative estimate of drug-likeness (QED) is 0.787. The summed E-state index contributed by atoms with van der Waals surface area (Å²) in [4.78, 5) is 12.5.